The lowest BCUT2D eigenvalue weighted by molar-refractivity contribution is 0.356. The predicted molar refractivity (Wildman–Crippen MR) is 83.8 cm³/mol. The molecule has 1 aromatic heterocycles. The lowest BCUT2D eigenvalue weighted by Gasteiger charge is -2.21. The number of hydrogen-bond donors (Lipinski definition) is 1. The van der Waals surface area contributed by atoms with Gasteiger partial charge in [0.05, 0.1) is 5.69 Å². The van der Waals surface area contributed by atoms with Crippen LogP contribution in [0, 0.1) is 5.92 Å². The summed E-state index contributed by atoms with van der Waals surface area (Å²) in [6.07, 6.45) is 2.56. The van der Waals surface area contributed by atoms with Crippen molar-refractivity contribution in [3.63, 3.8) is 0 Å². The molecule has 2 heterocycles. The van der Waals surface area contributed by atoms with Gasteiger partial charge < -0.3 is 10.2 Å². The molecule has 0 aromatic carbocycles. The third-order valence-electron chi connectivity index (χ3n) is 3.80. The molecule has 6 nitrogen and oxygen atoms in total. The van der Waals surface area contributed by atoms with Gasteiger partial charge in [0.15, 0.2) is 5.03 Å². The van der Waals surface area contributed by atoms with Crippen molar-refractivity contribution in [2.45, 2.75) is 18.4 Å². The summed E-state index contributed by atoms with van der Waals surface area (Å²) in [7, 11) is 0.147. The zero-order valence-corrected chi connectivity index (χ0v) is 13.7. The second kappa shape index (κ2) is 6.72. The molecule has 1 aliphatic heterocycles. The van der Waals surface area contributed by atoms with Gasteiger partial charge in [0.2, 0.25) is 0 Å². The zero-order valence-electron chi connectivity index (χ0n) is 12.9. The summed E-state index contributed by atoms with van der Waals surface area (Å²) >= 11 is 0. The Labute approximate surface area is 127 Å². The van der Waals surface area contributed by atoms with E-state index in [4.69, 9.17) is 0 Å². The van der Waals surface area contributed by atoms with E-state index in [9.17, 15) is 8.42 Å². The molecule has 0 amide bonds. The van der Waals surface area contributed by atoms with E-state index < -0.39 is 10.0 Å². The first-order valence-electron chi connectivity index (χ1n) is 7.29. The van der Waals surface area contributed by atoms with E-state index in [1.165, 1.54) is 10.5 Å². The molecule has 1 fully saturated rings. The molecule has 1 saturated heterocycles. The summed E-state index contributed by atoms with van der Waals surface area (Å²) in [5, 5.41) is 3.17. The van der Waals surface area contributed by atoms with Crippen LogP contribution >= 0.6 is 0 Å². The van der Waals surface area contributed by atoms with Crippen molar-refractivity contribution in [2.24, 2.45) is 5.92 Å². The normalized spacial score (nSPS) is 20.1. The molecular formula is C14H24N4O2S. The number of aromatic nitrogens is 1. The van der Waals surface area contributed by atoms with E-state index in [-0.39, 0.29) is 5.03 Å². The van der Waals surface area contributed by atoms with Crippen molar-refractivity contribution in [1.82, 2.24) is 14.2 Å². The summed E-state index contributed by atoms with van der Waals surface area (Å²) in [6, 6.07) is 3.49. The minimum atomic E-state index is -3.56. The van der Waals surface area contributed by atoms with Crippen LogP contribution < -0.4 is 5.32 Å². The minimum absolute atomic E-state index is 0.112. The van der Waals surface area contributed by atoms with Crippen LogP contribution in [-0.2, 0) is 10.0 Å². The number of pyridine rings is 1. The van der Waals surface area contributed by atoms with Gasteiger partial charge in [-0.2, -0.15) is 4.31 Å². The van der Waals surface area contributed by atoms with Gasteiger partial charge >= 0.3 is 0 Å². The number of nitrogens with zero attached hydrogens (tertiary/aromatic N) is 3. The van der Waals surface area contributed by atoms with E-state index in [1.807, 2.05) is 6.92 Å². The lowest BCUT2D eigenvalue weighted by Crippen LogP contribution is -2.33. The smallest absolute Gasteiger partial charge is 0.262 e. The Morgan fingerprint density at radius 2 is 2.29 bits per heavy atom. The van der Waals surface area contributed by atoms with Crippen LogP contribution in [0.1, 0.15) is 13.3 Å². The highest BCUT2D eigenvalue weighted by atomic mass is 32.2. The van der Waals surface area contributed by atoms with E-state index in [0.29, 0.717) is 24.7 Å². The van der Waals surface area contributed by atoms with Crippen LogP contribution in [0.4, 0.5) is 5.69 Å². The molecule has 1 unspecified atom stereocenters. The van der Waals surface area contributed by atoms with E-state index in [0.717, 1.165) is 19.5 Å². The fraction of sp³-hybridized carbons (Fsp3) is 0.643. The predicted octanol–water partition coefficient (Wildman–Crippen LogP) is 1.09. The van der Waals surface area contributed by atoms with E-state index in [1.54, 1.807) is 19.2 Å². The summed E-state index contributed by atoms with van der Waals surface area (Å²) < 4.78 is 26.8. The van der Waals surface area contributed by atoms with Gasteiger partial charge in [0.1, 0.15) is 0 Å². The molecule has 21 heavy (non-hydrogen) atoms. The number of rotatable bonds is 6. The molecule has 0 aliphatic carbocycles. The Balaban J connectivity index is 2.17. The van der Waals surface area contributed by atoms with Crippen LogP contribution in [0.15, 0.2) is 23.4 Å². The monoisotopic (exact) mass is 312 g/mol. The molecule has 0 bridgehead atoms. The highest BCUT2D eigenvalue weighted by Gasteiger charge is 2.29. The maximum absolute atomic E-state index is 12.7. The Kier molecular flexibility index (Phi) is 5.18. The minimum Gasteiger partial charge on any atom is -0.383 e. The molecular weight excluding hydrogens is 288 g/mol. The molecule has 0 radical (unpaired) electrons. The van der Waals surface area contributed by atoms with Crippen molar-refractivity contribution in [3.05, 3.63) is 18.3 Å². The van der Waals surface area contributed by atoms with E-state index in [2.05, 4.69) is 22.2 Å². The molecule has 1 atom stereocenters. The van der Waals surface area contributed by atoms with Gasteiger partial charge in [-0.15, -0.1) is 0 Å². The van der Waals surface area contributed by atoms with Gasteiger partial charge in [-0.3, -0.25) is 0 Å². The number of nitrogens with one attached hydrogen (secondary N) is 1. The zero-order chi connectivity index (χ0) is 15.5. The van der Waals surface area contributed by atoms with Gasteiger partial charge in [-0.25, -0.2) is 13.4 Å². The summed E-state index contributed by atoms with van der Waals surface area (Å²) in [4.78, 5) is 6.31. The Morgan fingerprint density at radius 1 is 1.52 bits per heavy atom. The van der Waals surface area contributed by atoms with Gasteiger partial charge in [-0.05, 0) is 45.0 Å². The first kappa shape index (κ1) is 16.2. The van der Waals surface area contributed by atoms with Crippen LogP contribution in [0.25, 0.3) is 0 Å². The second-order valence-electron chi connectivity index (χ2n) is 5.59. The summed E-state index contributed by atoms with van der Waals surface area (Å²) in [6.45, 7) is 5.11. The first-order chi connectivity index (χ1) is 9.95. The van der Waals surface area contributed by atoms with Crippen molar-refractivity contribution in [2.75, 3.05) is 45.6 Å². The molecule has 1 aromatic rings. The van der Waals surface area contributed by atoms with Crippen molar-refractivity contribution in [3.8, 4) is 0 Å². The SMILES string of the molecule is CCNc1cccnc1S(=O)(=O)N(C)CC1CCN(C)C1. The topological polar surface area (TPSA) is 65.5 Å². The second-order valence-corrected chi connectivity index (χ2v) is 7.55. The summed E-state index contributed by atoms with van der Waals surface area (Å²) in [5.41, 5.74) is 0.565. The summed E-state index contributed by atoms with van der Waals surface area (Å²) in [5.74, 6) is 0.390. The Hall–Kier alpha value is -1.18. The van der Waals surface area contributed by atoms with Crippen LogP contribution in [-0.4, -0.2) is 62.9 Å². The molecule has 1 N–H and O–H groups in total. The fourth-order valence-corrected chi connectivity index (χ4v) is 4.02. The Morgan fingerprint density at radius 3 is 2.90 bits per heavy atom. The van der Waals surface area contributed by atoms with Crippen molar-refractivity contribution in [1.29, 1.82) is 0 Å². The quantitative estimate of drug-likeness (QED) is 0.852. The average molecular weight is 312 g/mol. The third kappa shape index (κ3) is 3.72. The van der Waals surface area contributed by atoms with Crippen molar-refractivity contribution >= 4 is 15.7 Å². The highest BCUT2D eigenvalue weighted by molar-refractivity contribution is 7.89. The molecule has 118 valence electrons. The fourth-order valence-electron chi connectivity index (χ4n) is 2.71. The average Bonchev–Trinajstić information content (AvgIpc) is 2.85. The van der Waals surface area contributed by atoms with E-state index >= 15 is 0 Å². The number of likely N-dealkylation sites (tertiary alicyclic amines) is 1. The van der Waals surface area contributed by atoms with Crippen molar-refractivity contribution < 1.29 is 8.42 Å². The molecule has 7 heteroatoms. The highest BCUT2D eigenvalue weighted by Crippen LogP contribution is 2.23. The first-order valence-corrected chi connectivity index (χ1v) is 8.73. The Bertz CT molecular complexity index is 576. The van der Waals surface area contributed by atoms with Crippen LogP contribution in [0.5, 0.6) is 0 Å². The number of sulfonamides is 1. The molecule has 0 saturated carbocycles. The van der Waals surface area contributed by atoms with Gasteiger partial charge in [-0.1, -0.05) is 0 Å². The molecule has 1 aliphatic rings. The molecule has 2 rings (SSSR count). The largest absolute Gasteiger partial charge is 0.383 e. The maximum atomic E-state index is 12.7. The molecule has 0 spiro atoms. The number of anilines is 1. The van der Waals surface area contributed by atoms with Crippen LogP contribution in [0.2, 0.25) is 0 Å². The van der Waals surface area contributed by atoms with Gasteiger partial charge in [0.25, 0.3) is 10.0 Å². The maximum Gasteiger partial charge on any atom is 0.262 e. The van der Waals surface area contributed by atoms with Crippen LogP contribution in [0.3, 0.4) is 0 Å². The lowest BCUT2D eigenvalue weighted by atomic mass is 10.1. The third-order valence-corrected chi connectivity index (χ3v) is 5.58. The number of hydrogen-bond acceptors (Lipinski definition) is 5. The van der Waals surface area contributed by atoms with Gasteiger partial charge in [0, 0.05) is 32.9 Å². The standard InChI is InChI=1S/C14H24N4O2S/c1-4-15-13-6-5-8-16-14(13)21(19,20)18(3)11-12-7-9-17(2)10-12/h5-6,8,12,15H,4,7,9-11H2,1-3H3.